The van der Waals surface area contributed by atoms with Crippen molar-refractivity contribution in [1.82, 2.24) is 0 Å². The summed E-state index contributed by atoms with van der Waals surface area (Å²) in [4.78, 5) is 0. The Kier molecular flexibility index (Phi) is 5.53. The second-order valence-electron chi connectivity index (χ2n) is 3.25. The summed E-state index contributed by atoms with van der Waals surface area (Å²) in [6, 6.07) is 10.5. The van der Waals surface area contributed by atoms with Crippen LogP contribution in [0.4, 0.5) is 0 Å². The second kappa shape index (κ2) is 6.86. The summed E-state index contributed by atoms with van der Waals surface area (Å²) in [6.45, 7) is 3.17. The Hall–Kier alpha value is -0.603. The van der Waals surface area contributed by atoms with Crippen molar-refractivity contribution in [1.29, 1.82) is 0 Å². The molecule has 1 rings (SSSR count). The van der Waals surface area contributed by atoms with Crippen molar-refractivity contribution in [2.24, 2.45) is 0 Å². The smallest absolute Gasteiger partial charge is 0.192 e. The fourth-order valence-corrected chi connectivity index (χ4v) is 2.27. The molecule has 1 aromatic rings. The lowest BCUT2D eigenvalue weighted by Crippen LogP contribution is -2.17. The number of benzene rings is 1. The first-order valence-corrected chi connectivity index (χ1v) is 6.33. The van der Waals surface area contributed by atoms with E-state index < -0.39 is 9.76 Å². The summed E-state index contributed by atoms with van der Waals surface area (Å²) in [7, 11) is -0.439. The quantitative estimate of drug-likeness (QED) is 0.494. The minimum atomic E-state index is -0.439. The fraction of sp³-hybridized carbons (Fsp3) is 0.455. The van der Waals surface area contributed by atoms with E-state index in [0.29, 0.717) is 0 Å². The van der Waals surface area contributed by atoms with E-state index >= 15 is 0 Å². The summed E-state index contributed by atoms with van der Waals surface area (Å²) in [5.74, 6) is 0. The van der Waals surface area contributed by atoms with Gasteiger partial charge in [0, 0.05) is 6.61 Å². The van der Waals surface area contributed by atoms with Gasteiger partial charge in [-0.15, -0.1) is 0 Å². The number of rotatable bonds is 6. The molecule has 0 saturated carbocycles. The van der Waals surface area contributed by atoms with Crippen LogP contribution in [0.25, 0.3) is 0 Å². The molecule has 0 bridgehead atoms. The minimum Gasteiger partial charge on any atom is -0.419 e. The Balaban J connectivity index is 2.07. The summed E-state index contributed by atoms with van der Waals surface area (Å²) in [5, 5.41) is 1.40. The van der Waals surface area contributed by atoms with Crippen LogP contribution in [-0.2, 0) is 4.43 Å². The topological polar surface area (TPSA) is 9.23 Å². The van der Waals surface area contributed by atoms with Crippen LogP contribution in [0.15, 0.2) is 30.3 Å². The first-order chi connectivity index (χ1) is 6.43. The van der Waals surface area contributed by atoms with Crippen molar-refractivity contribution in [3.63, 3.8) is 0 Å². The minimum absolute atomic E-state index is 0.439. The summed E-state index contributed by atoms with van der Waals surface area (Å²) >= 11 is 0. The molecule has 1 nitrogen and oxygen atoms in total. The van der Waals surface area contributed by atoms with E-state index in [4.69, 9.17) is 4.43 Å². The normalized spacial score (nSPS) is 11.2. The van der Waals surface area contributed by atoms with Crippen LogP contribution < -0.4 is 5.19 Å². The molecular weight excluding hydrogens is 176 g/mol. The molecule has 1 aromatic carbocycles. The molecule has 0 aromatic heterocycles. The lowest BCUT2D eigenvalue weighted by molar-refractivity contribution is 0.328. The van der Waals surface area contributed by atoms with Crippen LogP contribution in [0, 0.1) is 0 Å². The Labute approximate surface area is 83.1 Å². The zero-order valence-corrected chi connectivity index (χ0v) is 9.74. The highest BCUT2D eigenvalue weighted by molar-refractivity contribution is 6.46. The summed E-state index contributed by atoms with van der Waals surface area (Å²) in [5.41, 5.74) is 0. The molecule has 0 saturated heterocycles. The largest absolute Gasteiger partial charge is 0.419 e. The highest BCUT2D eigenvalue weighted by Gasteiger charge is 1.92. The number of hydrogen-bond acceptors (Lipinski definition) is 1. The third-order valence-corrected chi connectivity index (χ3v) is 3.30. The summed E-state index contributed by atoms with van der Waals surface area (Å²) < 4.78 is 5.66. The fourth-order valence-electron chi connectivity index (χ4n) is 1.22. The molecule has 0 aliphatic heterocycles. The first kappa shape index (κ1) is 10.5. The Morgan fingerprint density at radius 1 is 1.15 bits per heavy atom. The van der Waals surface area contributed by atoms with E-state index in [-0.39, 0.29) is 0 Å². The van der Waals surface area contributed by atoms with Gasteiger partial charge in [-0.1, -0.05) is 50.1 Å². The van der Waals surface area contributed by atoms with Gasteiger partial charge in [-0.3, -0.25) is 0 Å². The van der Waals surface area contributed by atoms with E-state index in [1.165, 1.54) is 24.4 Å². The van der Waals surface area contributed by atoms with E-state index in [1.54, 1.807) is 0 Å². The molecule has 13 heavy (non-hydrogen) atoms. The van der Waals surface area contributed by atoms with Crippen LogP contribution in [0.5, 0.6) is 0 Å². The first-order valence-electron chi connectivity index (χ1n) is 5.05. The van der Waals surface area contributed by atoms with Gasteiger partial charge in [0.1, 0.15) is 0 Å². The molecule has 2 heteroatoms. The zero-order valence-electron chi connectivity index (χ0n) is 8.33. The van der Waals surface area contributed by atoms with Gasteiger partial charge in [-0.05, 0) is 11.6 Å². The van der Waals surface area contributed by atoms with Crippen molar-refractivity contribution >= 4 is 14.9 Å². The van der Waals surface area contributed by atoms with Gasteiger partial charge < -0.3 is 4.43 Å². The lowest BCUT2D eigenvalue weighted by atomic mass is 10.3. The van der Waals surface area contributed by atoms with Crippen molar-refractivity contribution in [2.45, 2.75) is 26.2 Å². The average molecular weight is 194 g/mol. The molecule has 72 valence electrons. The van der Waals surface area contributed by atoms with Crippen LogP contribution in [0.2, 0.25) is 0 Å². The molecule has 0 spiro atoms. The standard InChI is InChI=1S/C11H18OSi/c1-2-3-7-10-12-13-11-8-5-4-6-9-11/h4-6,8-9H,2-3,7,10,13H2,1H3. The van der Waals surface area contributed by atoms with Gasteiger partial charge in [-0.2, -0.15) is 0 Å². The van der Waals surface area contributed by atoms with Crippen LogP contribution in [0.1, 0.15) is 26.2 Å². The maximum absolute atomic E-state index is 5.66. The van der Waals surface area contributed by atoms with E-state index in [9.17, 15) is 0 Å². The van der Waals surface area contributed by atoms with Gasteiger partial charge >= 0.3 is 0 Å². The Bertz CT molecular complexity index is 211. The molecule has 0 aliphatic rings. The average Bonchev–Trinajstić information content (AvgIpc) is 2.19. The van der Waals surface area contributed by atoms with Crippen molar-refractivity contribution in [3.8, 4) is 0 Å². The lowest BCUT2D eigenvalue weighted by Gasteiger charge is -2.02. The highest BCUT2D eigenvalue weighted by Crippen LogP contribution is 1.93. The van der Waals surface area contributed by atoms with Gasteiger partial charge in [-0.25, -0.2) is 0 Å². The maximum atomic E-state index is 5.66. The van der Waals surface area contributed by atoms with Crippen molar-refractivity contribution in [2.75, 3.05) is 6.61 Å². The van der Waals surface area contributed by atoms with E-state index in [2.05, 4.69) is 37.3 Å². The van der Waals surface area contributed by atoms with Crippen molar-refractivity contribution in [3.05, 3.63) is 30.3 Å². The van der Waals surface area contributed by atoms with Crippen LogP contribution >= 0.6 is 0 Å². The molecule has 0 atom stereocenters. The molecule has 0 aliphatic carbocycles. The van der Waals surface area contributed by atoms with E-state index in [1.807, 2.05) is 0 Å². The van der Waals surface area contributed by atoms with Crippen LogP contribution in [-0.4, -0.2) is 16.4 Å². The van der Waals surface area contributed by atoms with E-state index in [0.717, 1.165) is 6.61 Å². The molecule has 0 amide bonds. The predicted molar refractivity (Wildman–Crippen MR) is 60.1 cm³/mol. The van der Waals surface area contributed by atoms with Gasteiger partial charge in [0.05, 0.1) is 0 Å². The maximum Gasteiger partial charge on any atom is 0.192 e. The van der Waals surface area contributed by atoms with Crippen molar-refractivity contribution < 1.29 is 4.43 Å². The highest BCUT2D eigenvalue weighted by atomic mass is 28.2. The SMILES string of the molecule is CCCCCO[SiH2]c1ccccc1. The molecule has 0 N–H and O–H groups in total. The number of unbranched alkanes of at least 4 members (excludes halogenated alkanes) is 2. The van der Waals surface area contributed by atoms with Gasteiger partial charge in [0.2, 0.25) is 0 Å². The zero-order chi connectivity index (χ0) is 9.36. The molecule has 0 heterocycles. The molecular formula is C11H18OSi. The second-order valence-corrected chi connectivity index (χ2v) is 4.76. The summed E-state index contributed by atoms with van der Waals surface area (Å²) in [6.07, 6.45) is 3.79. The Morgan fingerprint density at radius 2 is 1.92 bits per heavy atom. The molecule has 0 radical (unpaired) electrons. The predicted octanol–water partition coefficient (Wildman–Crippen LogP) is 1.60. The van der Waals surface area contributed by atoms with Gasteiger partial charge in [0.15, 0.2) is 9.76 Å². The van der Waals surface area contributed by atoms with Crippen LogP contribution in [0.3, 0.4) is 0 Å². The third-order valence-electron chi connectivity index (χ3n) is 2.00. The van der Waals surface area contributed by atoms with Gasteiger partial charge in [0.25, 0.3) is 0 Å². The third kappa shape index (κ3) is 4.86. The number of hydrogen-bond donors (Lipinski definition) is 0. The monoisotopic (exact) mass is 194 g/mol. The molecule has 0 fully saturated rings. The Morgan fingerprint density at radius 3 is 2.62 bits per heavy atom. The molecule has 0 unspecified atom stereocenters.